The third-order valence-corrected chi connectivity index (χ3v) is 1.47. The van der Waals surface area contributed by atoms with Crippen LogP contribution in [0, 0.1) is 17.3 Å². The van der Waals surface area contributed by atoms with E-state index >= 15 is 0 Å². The Kier molecular flexibility index (Phi) is 2.82. The van der Waals surface area contributed by atoms with Crippen LogP contribution in [-0.4, -0.2) is 12.1 Å². The fraction of sp³-hybridized carbons (Fsp3) is 0. The molecule has 0 saturated heterocycles. The van der Waals surface area contributed by atoms with Crippen molar-refractivity contribution in [2.75, 3.05) is 0 Å². The molecule has 0 spiro atoms. The Morgan fingerprint density at radius 3 is 2.46 bits per heavy atom. The van der Waals surface area contributed by atoms with Gasteiger partial charge in [-0.25, -0.2) is 0 Å². The molecule has 0 heterocycles. The lowest BCUT2D eigenvalue weighted by atomic mass is 10.1. The SMILES string of the molecule is N=C(N)c1ccc(C#CC=O)cc1. The molecule has 0 aromatic heterocycles. The third-order valence-electron chi connectivity index (χ3n) is 1.47. The highest BCUT2D eigenvalue weighted by Crippen LogP contribution is 2.01. The summed E-state index contributed by atoms with van der Waals surface area (Å²) in [5.41, 5.74) is 6.64. The van der Waals surface area contributed by atoms with E-state index in [-0.39, 0.29) is 5.84 Å². The van der Waals surface area contributed by atoms with Gasteiger partial charge in [-0.05, 0) is 18.1 Å². The lowest BCUT2D eigenvalue weighted by molar-refractivity contribution is -0.103. The minimum atomic E-state index is 0.0231. The van der Waals surface area contributed by atoms with Gasteiger partial charge in [-0.3, -0.25) is 10.2 Å². The largest absolute Gasteiger partial charge is 0.384 e. The van der Waals surface area contributed by atoms with Gasteiger partial charge in [-0.15, -0.1) is 0 Å². The summed E-state index contributed by atoms with van der Waals surface area (Å²) in [4.78, 5) is 9.93. The van der Waals surface area contributed by atoms with Gasteiger partial charge in [0.1, 0.15) is 5.84 Å². The van der Waals surface area contributed by atoms with E-state index in [0.29, 0.717) is 11.8 Å². The van der Waals surface area contributed by atoms with Gasteiger partial charge >= 0.3 is 0 Å². The van der Waals surface area contributed by atoms with Crippen molar-refractivity contribution in [2.24, 2.45) is 5.73 Å². The van der Waals surface area contributed by atoms with E-state index < -0.39 is 0 Å². The number of carbonyl (C=O) groups excluding carboxylic acids is 1. The van der Waals surface area contributed by atoms with E-state index in [1.807, 2.05) is 0 Å². The molecule has 3 N–H and O–H groups in total. The topological polar surface area (TPSA) is 66.9 Å². The highest BCUT2D eigenvalue weighted by molar-refractivity contribution is 5.94. The summed E-state index contributed by atoms with van der Waals surface area (Å²) in [5, 5.41) is 7.13. The number of carbonyl (C=O) groups is 1. The van der Waals surface area contributed by atoms with Crippen LogP contribution >= 0.6 is 0 Å². The summed E-state index contributed by atoms with van der Waals surface area (Å²) in [7, 11) is 0. The third kappa shape index (κ3) is 2.46. The Morgan fingerprint density at radius 1 is 1.38 bits per heavy atom. The van der Waals surface area contributed by atoms with Crippen LogP contribution in [0.5, 0.6) is 0 Å². The highest BCUT2D eigenvalue weighted by atomic mass is 16.1. The first-order valence-corrected chi connectivity index (χ1v) is 3.63. The van der Waals surface area contributed by atoms with Gasteiger partial charge in [-0.1, -0.05) is 18.1 Å². The van der Waals surface area contributed by atoms with E-state index in [9.17, 15) is 4.79 Å². The number of benzene rings is 1. The minimum absolute atomic E-state index is 0.0231. The second-order valence-electron chi connectivity index (χ2n) is 2.38. The molecular formula is C10H8N2O. The molecule has 1 rings (SSSR count). The summed E-state index contributed by atoms with van der Waals surface area (Å²) >= 11 is 0. The van der Waals surface area contributed by atoms with E-state index in [0.717, 1.165) is 5.56 Å². The molecule has 3 heteroatoms. The lowest BCUT2D eigenvalue weighted by Gasteiger charge is -1.96. The molecule has 1 aromatic rings. The van der Waals surface area contributed by atoms with Crippen LogP contribution in [0.25, 0.3) is 0 Å². The van der Waals surface area contributed by atoms with Crippen LogP contribution in [0.1, 0.15) is 11.1 Å². The van der Waals surface area contributed by atoms with Crippen molar-refractivity contribution in [1.82, 2.24) is 0 Å². The number of hydrogen-bond acceptors (Lipinski definition) is 2. The number of rotatable bonds is 1. The maximum Gasteiger partial charge on any atom is 0.193 e. The summed E-state index contributed by atoms with van der Waals surface area (Å²) in [6.07, 6.45) is 0.541. The van der Waals surface area contributed by atoms with Crippen LogP contribution < -0.4 is 5.73 Å². The number of nitrogens with one attached hydrogen (secondary N) is 1. The molecule has 0 unspecified atom stereocenters. The Bertz CT molecular complexity index is 382. The van der Waals surface area contributed by atoms with E-state index in [4.69, 9.17) is 11.1 Å². The molecule has 0 aliphatic carbocycles. The lowest BCUT2D eigenvalue weighted by Crippen LogP contribution is -2.10. The summed E-state index contributed by atoms with van der Waals surface area (Å²) < 4.78 is 0. The predicted octanol–water partition coefficient (Wildman–Crippen LogP) is 0.521. The molecule has 0 saturated carbocycles. The molecule has 0 aliphatic rings. The number of nitrogen functional groups attached to an aromatic ring is 1. The van der Waals surface area contributed by atoms with E-state index in [1.165, 1.54) is 0 Å². The molecule has 0 bridgehead atoms. The predicted molar refractivity (Wildman–Crippen MR) is 50.4 cm³/mol. The maximum atomic E-state index is 9.93. The molecule has 3 nitrogen and oxygen atoms in total. The first kappa shape index (κ1) is 9.01. The van der Waals surface area contributed by atoms with Crippen molar-refractivity contribution in [3.05, 3.63) is 35.4 Å². The molecule has 13 heavy (non-hydrogen) atoms. The van der Waals surface area contributed by atoms with Gasteiger partial charge < -0.3 is 5.73 Å². The first-order chi connectivity index (χ1) is 6.24. The second-order valence-corrected chi connectivity index (χ2v) is 2.38. The fourth-order valence-electron chi connectivity index (χ4n) is 0.846. The molecule has 1 aromatic carbocycles. The fourth-order valence-corrected chi connectivity index (χ4v) is 0.846. The van der Waals surface area contributed by atoms with Gasteiger partial charge in [0.15, 0.2) is 6.29 Å². The Labute approximate surface area is 76.1 Å². The van der Waals surface area contributed by atoms with Crippen molar-refractivity contribution in [3.63, 3.8) is 0 Å². The monoisotopic (exact) mass is 172 g/mol. The van der Waals surface area contributed by atoms with Gasteiger partial charge in [0.05, 0.1) is 0 Å². The zero-order chi connectivity index (χ0) is 9.68. The Balaban J connectivity index is 2.93. The zero-order valence-corrected chi connectivity index (χ0v) is 6.87. The number of nitrogens with two attached hydrogens (primary N) is 1. The number of aldehydes is 1. The van der Waals surface area contributed by atoms with Crippen molar-refractivity contribution >= 4 is 12.1 Å². The van der Waals surface area contributed by atoms with Gasteiger partial charge in [0, 0.05) is 11.1 Å². The Morgan fingerprint density at radius 2 is 2.00 bits per heavy atom. The zero-order valence-electron chi connectivity index (χ0n) is 6.87. The average Bonchev–Trinajstić information content (AvgIpc) is 2.15. The average molecular weight is 172 g/mol. The molecule has 0 aliphatic heterocycles. The summed E-state index contributed by atoms with van der Waals surface area (Å²) in [6.45, 7) is 0. The van der Waals surface area contributed by atoms with Crippen LogP contribution in [0.15, 0.2) is 24.3 Å². The van der Waals surface area contributed by atoms with Crippen molar-refractivity contribution in [1.29, 1.82) is 5.41 Å². The normalized spacial score (nSPS) is 8.31. The summed E-state index contributed by atoms with van der Waals surface area (Å²) in [5.74, 6) is 4.95. The van der Waals surface area contributed by atoms with Crippen molar-refractivity contribution in [3.8, 4) is 11.8 Å². The van der Waals surface area contributed by atoms with Crippen molar-refractivity contribution < 1.29 is 4.79 Å². The molecule has 0 radical (unpaired) electrons. The molecule has 64 valence electrons. The van der Waals surface area contributed by atoms with Crippen LogP contribution in [0.4, 0.5) is 0 Å². The second kappa shape index (κ2) is 4.07. The molecule has 0 amide bonds. The molecular weight excluding hydrogens is 164 g/mol. The van der Waals surface area contributed by atoms with Crippen LogP contribution in [0.2, 0.25) is 0 Å². The number of hydrogen-bond donors (Lipinski definition) is 2. The molecule has 0 fully saturated rings. The number of amidine groups is 1. The maximum absolute atomic E-state index is 9.93. The summed E-state index contributed by atoms with van der Waals surface area (Å²) in [6, 6.07) is 6.81. The smallest absolute Gasteiger partial charge is 0.193 e. The molecule has 0 atom stereocenters. The minimum Gasteiger partial charge on any atom is -0.384 e. The van der Waals surface area contributed by atoms with Crippen molar-refractivity contribution in [2.45, 2.75) is 0 Å². The van der Waals surface area contributed by atoms with Crippen LogP contribution in [0.3, 0.4) is 0 Å². The van der Waals surface area contributed by atoms with E-state index in [1.54, 1.807) is 24.3 Å². The highest BCUT2D eigenvalue weighted by Gasteiger charge is 1.93. The van der Waals surface area contributed by atoms with Gasteiger partial charge in [0.25, 0.3) is 0 Å². The van der Waals surface area contributed by atoms with Crippen LogP contribution in [-0.2, 0) is 4.79 Å². The first-order valence-electron chi connectivity index (χ1n) is 3.63. The van der Waals surface area contributed by atoms with Gasteiger partial charge in [-0.2, -0.15) is 0 Å². The quantitative estimate of drug-likeness (QED) is 0.281. The van der Waals surface area contributed by atoms with Gasteiger partial charge in [0.2, 0.25) is 0 Å². The standard InChI is InChI=1S/C10H8N2O/c11-10(12)9-5-3-8(4-6-9)2-1-7-13/h3-7H,(H3,11,12). The Hall–Kier alpha value is -2.08. The van der Waals surface area contributed by atoms with E-state index in [2.05, 4.69) is 11.8 Å².